The second-order valence-corrected chi connectivity index (χ2v) is 16.5. The highest BCUT2D eigenvalue weighted by atomic mass is 28.4. The van der Waals surface area contributed by atoms with Crippen molar-refractivity contribution in [3.8, 4) is 6.07 Å². The third kappa shape index (κ3) is 7.16. The topological polar surface area (TPSA) is 136 Å². The van der Waals surface area contributed by atoms with E-state index in [1.807, 2.05) is 6.92 Å². The van der Waals surface area contributed by atoms with Crippen molar-refractivity contribution < 1.29 is 23.1 Å². The first-order chi connectivity index (χ1) is 18.2. The van der Waals surface area contributed by atoms with Crippen LogP contribution in [-0.4, -0.2) is 60.8 Å². The molecule has 1 atom stereocenters. The summed E-state index contributed by atoms with van der Waals surface area (Å²) in [5, 5.41) is 17.2. The number of hydrogen-bond acceptors (Lipinski definition) is 7. The maximum atomic E-state index is 13.3. The van der Waals surface area contributed by atoms with Crippen LogP contribution in [0.25, 0.3) is 0 Å². The van der Waals surface area contributed by atoms with Crippen molar-refractivity contribution in [2.24, 2.45) is 5.73 Å². The van der Waals surface area contributed by atoms with Gasteiger partial charge < -0.3 is 25.1 Å². The lowest BCUT2D eigenvalue weighted by molar-refractivity contribution is 0.0276. The molecule has 10 nitrogen and oxygen atoms in total. The Morgan fingerprint density at radius 3 is 2.41 bits per heavy atom. The van der Waals surface area contributed by atoms with Crippen LogP contribution in [0.2, 0.25) is 18.1 Å². The van der Waals surface area contributed by atoms with E-state index in [9.17, 15) is 19.2 Å². The molecule has 1 fully saturated rings. The summed E-state index contributed by atoms with van der Waals surface area (Å²) < 4.78 is 26.7. The maximum Gasteiger partial charge on any atom is 0.410 e. The van der Waals surface area contributed by atoms with Crippen molar-refractivity contribution in [3.05, 3.63) is 41.8 Å². The van der Waals surface area contributed by atoms with Gasteiger partial charge in [0, 0.05) is 25.0 Å². The van der Waals surface area contributed by atoms with Crippen LogP contribution in [0.3, 0.4) is 0 Å². The molecular weight excluding hydrogens is 519 g/mol. The Morgan fingerprint density at radius 1 is 1.26 bits per heavy atom. The fourth-order valence-electron chi connectivity index (χ4n) is 4.12. The number of halogens is 1. The number of nitriles is 1. The van der Waals surface area contributed by atoms with Crippen LogP contribution >= 0.6 is 0 Å². The minimum atomic E-state index is -1.96. The van der Waals surface area contributed by atoms with E-state index in [2.05, 4.69) is 50.3 Å². The molecule has 0 radical (unpaired) electrons. The molecule has 12 heteroatoms. The number of aromatic nitrogens is 2. The summed E-state index contributed by atoms with van der Waals surface area (Å²) in [5.41, 5.74) is 5.54. The molecule has 1 unspecified atom stereocenters. The molecule has 1 saturated heterocycles. The van der Waals surface area contributed by atoms with Crippen molar-refractivity contribution in [3.63, 3.8) is 0 Å². The molecule has 3 rings (SSSR count). The zero-order valence-electron chi connectivity index (χ0n) is 23.6. The molecule has 0 saturated carbocycles. The number of ether oxygens (including phenoxy) is 1. The summed E-state index contributed by atoms with van der Waals surface area (Å²) in [7, 11) is -1.96. The molecule has 2 amide bonds. The number of carbonyl (C=O) groups excluding carboxylic acids is 2. The molecule has 2 heterocycles. The number of likely N-dealkylation sites (tertiary alicyclic amines) is 1. The predicted octanol–water partition coefficient (Wildman–Crippen LogP) is 5.12. The van der Waals surface area contributed by atoms with Crippen molar-refractivity contribution in [2.45, 2.75) is 76.7 Å². The maximum absolute atomic E-state index is 13.3. The second kappa shape index (κ2) is 11.8. The first-order valence-corrected chi connectivity index (χ1v) is 16.0. The lowest BCUT2D eigenvalue weighted by atomic mass is 9.85. The Hall–Kier alpha value is -3.43. The number of amides is 2. The molecule has 2 aromatic rings. The fraction of sp³-hybridized carbons (Fsp3) is 0.556. The zero-order valence-corrected chi connectivity index (χ0v) is 24.6. The molecule has 1 aliphatic heterocycles. The van der Waals surface area contributed by atoms with Crippen LogP contribution in [0.1, 0.15) is 57.3 Å². The minimum Gasteiger partial charge on any atom is -0.444 e. The summed E-state index contributed by atoms with van der Waals surface area (Å²) in [4.78, 5) is 26.7. The van der Waals surface area contributed by atoms with Crippen LogP contribution in [-0.2, 0) is 14.7 Å². The number of nitrogens with zero attached hydrogens (tertiary/aromatic N) is 4. The van der Waals surface area contributed by atoms with Crippen LogP contribution in [0, 0.1) is 17.1 Å². The van der Waals surface area contributed by atoms with Gasteiger partial charge in [-0.1, -0.05) is 20.8 Å². The van der Waals surface area contributed by atoms with Gasteiger partial charge in [0.1, 0.15) is 17.5 Å². The number of piperidine rings is 1. The van der Waals surface area contributed by atoms with E-state index in [-0.39, 0.29) is 22.8 Å². The van der Waals surface area contributed by atoms with Gasteiger partial charge in [-0.25, -0.2) is 9.18 Å². The number of nitrogens with one attached hydrogen (secondary N) is 1. The standard InChI is InChI=1S/C27H39FN6O4Si/c1-19(18-37-39(5,6)26(2,3)4)38-25(36)33-15-12-27(11-14-29,13-16-33)34-17-22(23(30)35)24(32-34)31-21-9-7-20(28)8-10-21/h7-10,17,19H,11-13,15-16,18H2,1-6H3,(H2,30,35)(H,31,32). The SMILES string of the molecule is CC(CO[Si](C)(C)C(C)(C)C)OC(=O)N1CCC(CC#N)(n2cc(C(N)=O)c(Nc3ccc(F)cc3)n2)CC1. The number of rotatable bonds is 9. The van der Waals surface area contributed by atoms with Gasteiger partial charge in [-0.3, -0.25) is 9.48 Å². The smallest absolute Gasteiger partial charge is 0.410 e. The van der Waals surface area contributed by atoms with E-state index >= 15 is 0 Å². The molecule has 1 aromatic carbocycles. The third-order valence-corrected chi connectivity index (χ3v) is 12.2. The van der Waals surface area contributed by atoms with Crippen molar-refractivity contribution in [1.82, 2.24) is 14.7 Å². The first kappa shape index (κ1) is 30.1. The largest absolute Gasteiger partial charge is 0.444 e. The summed E-state index contributed by atoms with van der Waals surface area (Å²) in [6.45, 7) is 13.6. The summed E-state index contributed by atoms with van der Waals surface area (Å²) >= 11 is 0. The molecule has 0 spiro atoms. The molecule has 0 aliphatic carbocycles. The average Bonchev–Trinajstić information content (AvgIpc) is 3.29. The van der Waals surface area contributed by atoms with E-state index in [0.29, 0.717) is 38.2 Å². The average molecular weight is 559 g/mol. The van der Waals surface area contributed by atoms with E-state index in [4.69, 9.17) is 14.9 Å². The summed E-state index contributed by atoms with van der Waals surface area (Å²) in [6.07, 6.45) is 1.69. The molecular formula is C27H39FN6O4Si. The lowest BCUT2D eigenvalue weighted by Gasteiger charge is -2.40. The summed E-state index contributed by atoms with van der Waals surface area (Å²) in [5.74, 6) is -0.867. The Kier molecular flexibility index (Phi) is 9.07. The van der Waals surface area contributed by atoms with E-state index in [0.717, 1.165) is 0 Å². The Balaban J connectivity index is 1.69. The van der Waals surface area contributed by atoms with Gasteiger partial charge in [-0.05, 0) is 62.2 Å². The van der Waals surface area contributed by atoms with Crippen molar-refractivity contribution in [2.75, 3.05) is 25.0 Å². The van der Waals surface area contributed by atoms with Crippen LogP contribution < -0.4 is 11.1 Å². The fourth-order valence-corrected chi connectivity index (χ4v) is 5.21. The second-order valence-electron chi connectivity index (χ2n) is 11.6. The third-order valence-electron chi connectivity index (χ3n) is 7.72. The van der Waals surface area contributed by atoms with Gasteiger partial charge in [0.05, 0.1) is 24.6 Å². The summed E-state index contributed by atoms with van der Waals surface area (Å²) in [6, 6.07) is 7.84. The molecule has 1 aliphatic rings. The minimum absolute atomic E-state index is 0.0585. The number of nitrogens with two attached hydrogens (primary N) is 1. The highest BCUT2D eigenvalue weighted by Crippen LogP contribution is 2.37. The van der Waals surface area contributed by atoms with Crippen molar-refractivity contribution in [1.29, 1.82) is 5.26 Å². The normalized spacial score (nSPS) is 16.3. The lowest BCUT2D eigenvalue weighted by Crippen LogP contribution is -2.49. The van der Waals surface area contributed by atoms with E-state index < -0.39 is 37.8 Å². The number of benzene rings is 1. The molecule has 3 N–H and O–H groups in total. The highest BCUT2D eigenvalue weighted by Gasteiger charge is 2.41. The number of anilines is 2. The van der Waals surface area contributed by atoms with Gasteiger partial charge in [-0.15, -0.1) is 0 Å². The van der Waals surface area contributed by atoms with Crippen LogP contribution in [0.15, 0.2) is 30.5 Å². The number of carbonyl (C=O) groups is 2. The molecule has 1 aromatic heterocycles. The van der Waals surface area contributed by atoms with Crippen LogP contribution in [0.4, 0.5) is 20.7 Å². The molecule has 0 bridgehead atoms. The quantitative estimate of drug-likeness (QED) is 0.408. The Labute approximate surface area is 230 Å². The predicted molar refractivity (Wildman–Crippen MR) is 149 cm³/mol. The van der Waals surface area contributed by atoms with Crippen LogP contribution in [0.5, 0.6) is 0 Å². The Morgan fingerprint density at radius 2 is 1.87 bits per heavy atom. The van der Waals surface area contributed by atoms with E-state index in [1.54, 1.807) is 9.58 Å². The van der Waals surface area contributed by atoms with Gasteiger partial charge in [0.15, 0.2) is 14.1 Å². The monoisotopic (exact) mass is 558 g/mol. The molecule has 39 heavy (non-hydrogen) atoms. The van der Waals surface area contributed by atoms with Crippen molar-refractivity contribution >= 4 is 31.8 Å². The zero-order chi connectivity index (χ0) is 29.0. The number of primary amides is 1. The van der Waals surface area contributed by atoms with Gasteiger partial charge >= 0.3 is 6.09 Å². The highest BCUT2D eigenvalue weighted by molar-refractivity contribution is 6.74. The molecule has 212 valence electrons. The van der Waals surface area contributed by atoms with Gasteiger partial charge in [0.25, 0.3) is 5.91 Å². The number of hydrogen-bond donors (Lipinski definition) is 2. The van der Waals surface area contributed by atoms with Gasteiger partial charge in [0.2, 0.25) is 0 Å². The van der Waals surface area contributed by atoms with Gasteiger partial charge in [-0.2, -0.15) is 10.4 Å². The first-order valence-electron chi connectivity index (χ1n) is 13.1. The Bertz CT molecular complexity index is 1210. The van der Waals surface area contributed by atoms with E-state index in [1.165, 1.54) is 30.5 Å².